The number of nitro benzene ring substituents is 1. The average molecular weight is 551 g/mol. The van der Waals surface area contributed by atoms with E-state index in [9.17, 15) is 23.3 Å². The quantitative estimate of drug-likeness (QED) is 0.353. The Morgan fingerprint density at radius 3 is 2.43 bits per heavy atom. The van der Waals surface area contributed by atoms with Gasteiger partial charge in [-0.2, -0.15) is 4.31 Å². The van der Waals surface area contributed by atoms with Gasteiger partial charge in [-0.1, -0.05) is 11.6 Å². The number of fused-ring (bicyclic) bond motifs is 1. The molecule has 0 aliphatic carbocycles. The molecule has 0 unspecified atom stereocenters. The lowest BCUT2D eigenvalue weighted by Crippen LogP contribution is -2.50. The molecule has 3 heterocycles. The molecule has 1 aromatic carbocycles. The van der Waals surface area contributed by atoms with Gasteiger partial charge >= 0.3 is 0 Å². The lowest BCUT2D eigenvalue weighted by molar-refractivity contribution is -0.384. The van der Waals surface area contributed by atoms with Crippen molar-refractivity contribution >= 4 is 81.9 Å². The zero-order valence-corrected chi connectivity index (χ0v) is 19.9. The van der Waals surface area contributed by atoms with Crippen molar-refractivity contribution in [3.8, 4) is 0 Å². The number of thiophene rings is 2. The maximum Gasteiger partial charge on any atom is 0.270 e. The smallest absolute Gasteiger partial charge is 0.270 e. The number of amides is 1. The first-order valence-corrected chi connectivity index (χ1v) is 12.8. The second-order valence-electron chi connectivity index (χ2n) is 6.44. The summed E-state index contributed by atoms with van der Waals surface area (Å²) >= 11 is 11.9. The minimum Gasteiger partial charge on any atom is -0.335 e. The van der Waals surface area contributed by atoms with Crippen LogP contribution in [-0.2, 0) is 10.0 Å². The van der Waals surface area contributed by atoms with E-state index in [2.05, 4.69) is 15.9 Å². The third kappa shape index (κ3) is 3.87. The van der Waals surface area contributed by atoms with Crippen molar-refractivity contribution in [2.75, 3.05) is 26.2 Å². The van der Waals surface area contributed by atoms with E-state index in [4.69, 9.17) is 11.6 Å². The molecule has 0 saturated carbocycles. The third-order valence-electron chi connectivity index (χ3n) is 4.69. The van der Waals surface area contributed by atoms with Crippen molar-refractivity contribution in [1.82, 2.24) is 9.21 Å². The summed E-state index contributed by atoms with van der Waals surface area (Å²) in [5.74, 6) is -0.306. The van der Waals surface area contributed by atoms with Crippen LogP contribution in [0.3, 0.4) is 0 Å². The van der Waals surface area contributed by atoms with Gasteiger partial charge < -0.3 is 4.90 Å². The fraction of sp³-hybridized carbons (Fsp3) is 0.235. The molecule has 1 aliphatic rings. The van der Waals surface area contributed by atoms with Crippen LogP contribution in [0.25, 0.3) is 10.1 Å². The molecule has 13 heteroatoms. The van der Waals surface area contributed by atoms with Gasteiger partial charge in [-0.15, -0.1) is 22.7 Å². The van der Waals surface area contributed by atoms with Gasteiger partial charge in [-0.05, 0) is 34.1 Å². The molecule has 0 N–H and O–H groups in total. The number of carbonyl (C=O) groups excluding carboxylic acids is 1. The highest BCUT2D eigenvalue weighted by Crippen LogP contribution is 2.38. The van der Waals surface area contributed by atoms with Gasteiger partial charge in [-0.3, -0.25) is 14.9 Å². The third-order valence-corrected chi connectivity index (χ3v) is 10.3. The maximum atomic E-state index is 13.0. The molecule has 0 spiro atoms. The molecule has 0 atom stereocenters. The maximum absolute atomic E-state index is 13.0. The van der Waals surface area contributed by atoms with E-state index in [1.165, 1.54) is 22.5 Å². The Morgan fingerprint density at radius 1 is 1.13 bits per heavy atom. The first-order chi connectivity index (χ1) is 14.2. The van der Waals surface area contributed by atoms with Crippen LogP contribution in [0.1, 0.15) is 9.67 Å². The molecular formula is C17H13BrClN3O5S3. The van der Waals surface area contributed by atoms with Crippen LogP contribution in [0, 0.1) is 10.1 Å². The number of rotatable bonds is 4. The van der Waals surface area contributed by atoms with Crippen LogP contribution in [0.2, 0.25) is 5.02 Å². The van der Waals surface area contributed by atoms with Gasteiger partial charge in [0.05, 0.1) is 13.7 Å². The number of carbonyl (C=O) groups is 1. The van der Waals surface area contributed by atoms with Crippen LogP contribution in [0.4, 0.5) is 5.69 Å². The SMILES string of the molecule is O=C(c1sc2cc([N+](=O)[O-])ccc2c1Cl)N1CCN(S(=O)(=O)c2ccc(Br)s2)CC1. The molecule has 0 radical (unpaired) electrons. The number of nitrogens with zero attached hydrogens (tertiary/aromatic N) is 3. The van der Waals surface area contributed by atoms with Crippen molar-refractivity contribution in [2.45, 2.75) is 4.21 Å². The second-order valence-corrected chi connectivity index (χ2v) is 12.5. The molecule has 1 aliphatic heterocycles. The molecule has 2 aromatic heterocycles. The average Bonchev–Trinajstić information content (AvgIpc) is 3.31. The molecule has 30 heavy (non-hydrogen) atoms. The van der Waals surface area contributed by atoms with E-state index in [-0.39, 0.29) is 47.0 Å². The summed E-state index contributed by atoms with van der Waals surface area (Å²) < 4.78 is 28.4. The summed E-state index contributed by atoms with van der Waals surface area (Å²) in [7, 11) is -3.60. The fourth-order valence-corrected chi connectivity index (χ4v) is 8.24. The lowest BCUT2D eigenvalue weighted by atomic mass is 10.2. The minimum absolute atomic E-state index is 0.0709. The second kappa shape index (κ2) is 8.17. The van der Waals surface area contributed by atoms with E-state index in [1.807, 2.05) is 0 Å². The number of sulfonamides is 1. The molecule has 0 bridgehead atoms. The molecule has 1 fully saturated rings. The van der Waals surface area contributed by atoms with E-state index in [1.54, 1.807) is 17.0 Å². The molecule has 1 amide bonds. The largest absolute Gasteiger partial charge is 0.335 e. The Balaban J connectivity index is 1.52. The predicted molar refractivity (Wildman–Crippen MR) is 120 cm³/mol. The number of non-ortho nitro benzene ring substituents is 1. The summed E-state index contributed by atoms with van der Waals surface area (Å²) in [6.07, 6.45) is 0. The summed E-state index contributed by atoms with van der Waals surface area (Å²) in [5.41, 5.74) is -0.0709. The standard InChI is InChI=1S/C17H13BrClN3O5S3/c18-13-3-4-14(29-13)30(26,27)21-7-5-20(6-8-21)17(23)16-15(19)11-2-1-10(22(24)25)9-12(11)28-16/h1-4,9H,5-8H2. The highest BCUT2D eigenvalue weighted by molar-refractivity contribution is 9.11. The Kier molecular flexibility index (Phi) is 5.90. The number of benzene rings is 1. The number of piperazine rings is 1. The number of hydrogen-bond donors (Lipinski definition) is 0. The molecule has 3 aromatic rings. The number of halogens is 2. The fourth-order valence-electron chi connectivity index (χ4n) is 3.14. The summed E-state index contributed by atoms with van der Waals surface area (Å²) in [6.45, 7) is 0.819. The zero-order chi connectivity index (χ0) is 21.6. The predicted octanol–water partition coefficient (Wildman–Crippen LogP) is 4.43. The normalized spacial score (nSPS) is 15.6. The van der Waals surface area contributed by atoms with Crippen LogP contribution in [0.5, 0.6) is 0 Å². The van der Waals surface area contributed by atoms with Crippen LogP contribution < -0.4 is 0 Å². The van der Waals surface area contributed by atoms with Gasteiger partial charge in [0.25, 0.3) is 21.6 Å². The highest BCUT2D eigenvalue weighted by Gasteiger charge is 2.32. The summed E-state index contributed by atoms with van der Waals surface area (Å²) in [6, 6.07) is 7.52. The molecule has 4 rings (SSSR count). The number of nitro groups is 1. The van der Waals surface area contributed by atoms with Crippen molar-refractivity contribution < 1.29 is 18.1 Å². The first-order valence-electron chi connectivity index (χ1n) is 8.59. The summed E-state index contributed by atoms with van der Waals surface area (Å²) in [4.78, 5) is 25.3. The molecule has 158 valence electrons. The zero-order valence-electron chi connectivity index (χ0n) is 15.1. The van der Waals surface area contributed by atoms with E-state index in [0.717, 1.165) is 26.5 Å². The molecular weight excluding hydrogens is 538 g/mol. The monoisotopic (exact) mass is 549 g/mol. The minimum atomic E-state index is -3.60. The van der Waals surface area contributed by atoms with Crippen molar-refractivity contribution in [2.24, 2.45) is 0 Å². The van der Waals surface area contributed by atoms with Crippen LogP contribution in [-0.4, -0.2) is 54.6 Å². The Bertz CT molecular complexity index is 1260. The lowest BCUT2D eigenvalue weighted by Gasteiger charge is -2.33. The van der Waals surface area contributed by atoms with E-state index < -0.39 is 14.9 Å². The van der Waals surface area contributed by atoms with Gasteiger partial charge in [0.1, 0.15) is 9.09 Å². The van der Waals surface area contributed by atoms with Gasteiger partial charge in [0, 0.05) is 48.4 Å². The first kappa shape index (κ1) is 21.7. The van der Waals surface area contributed by atoms with E-state index in [0.29, 0.717) is 15.0 Å². The number of hydrogen-bond acceptors (Lipinski definition) is 7. The Labute approximate surface area is 193 Å². The van der Waals surface area contributed by atoms with Crippen molar-refractivity contribution in [3.05, 3.63) is 54.1 Å². The van der Waals surface area contributed by atoms with E-state index >= 15 is 0 Å². The Hall–Kier alpha value is -1.57. The van der Waals surface area contributed by atoms with Crippen molar-refractivity contribution in [1.29, 1.82) is 0 Å². The highest BCUT2D eigenvalue weighted by atomic mass is 79.9. The van der Waals surface area contributed by atoms with Crippen molar-refractivity contribution in [3.63, 3.8) is 0 Å². The van der Waals surface area contributed by atoms with Gasteiger partial charge in [0.15, 0.2) is 0 Å². The van der Waals surface area contributed by atoms with Gasteiger partial charge in [-0.25, -0.2) is 8.42 Å². The summed E-state index contributed by atoms with van der Waals surface area (Å²) in [5, 5.41) is 11.8. The molecule has 1 saturated heterocycles. The molecule has 8 nitrogen and oxygen atoms in total. The van der Waals surface area contributed by atoms with Gasteiger partial charge in [0.2, 0.25) is 0 Å². The Morgan fingerprint density at radius 2 is 1.83 bits per heavy atom. The van der Waals surface area contributed by atoms with Crippen LogP contribution in [0.15, 0.2) is 38.3 Å². The van der Waals surface area contributed by atoms with Crippen LogP contribution >= 0.6 is 50.2 Å². The topological polar surface area (TPSA) is 101 Å².